The molecule has 0 saturated heterocycles. The van der Waals surface area contributed by atoms with Crippen LogP contribution in [0.1, 0.15) is 29.8 Å². The molecule has 1 heterocycles. The SMILES string of the molecule is CCN(CC)c1c(C(=O)c2cccc(S(=O)(=O)F)c2)c(=O)oc2ccccc12. The van der Waals surface area contributed by atoms with Crippen LogP contribution in [-0.2, 0) is 10.2 Å². The van der Waals surface area contributed by atoms with E-state index in [-0.39, 0.29) is 11.1 Å². The van der Waals surface area contributed by atoms with Gasteiger partial charge in [-0.2, -0.15) is 8.42 Å². The fourth-order valence-corrected chi connectivity index (χ4v) is 3.64. The first-order chi connectivity index (χ1) is 13.3. The van der Waals surface area contributed by atoms with Gasteiger partial charge in [0.15, 0.2) is 0 Å². The summed E-state index contributed by atoms with van der Waals surface area (Å²) in [6.45, 7) is 4.83. The van der Waals surface area contributed by atoms with Gasteiger partial charge in [0, 0.05) is 24.0 Å². The molecule has 0 N–H and O–H groups in total. The average molecular weight is 403 g/mol. The van der Waals surface area contributed by atoms with Crippen molar-refractivity contribution in [2.75, 3.05) is 18.0 Å². The largest absolute Gasteiger partial charge is 0.422 e. The van der Waals surface area contributed by atoms with Crippen molar-refractivity contribution < 1.29 is 21.5 Å². The Morgan fingerprint density at radius 3 is 2.39 bits per heavy atom. The zero-order chi connectivity index (χ0) is 20.5. The lowest BCUT2D eigenvalue weighted by Gasteiger charge is -2.24. The number of hydrogen-bond acceptors (Lipinski definition) is 6. The van der Waals surface area contributed by atoms with Crippen molar-refractivity contribution in [3.8, 4) is 0 Å². The summed E-state index contributed by atoms with van der Waals surface area (Å²) in [5, 5.41) is 0.586. The third kappa shape index (κ3) is 3.55. The molecule has 0 fully saturated rings. The summed E-state index contributed by atoms with van der Waals surface area (Å²) in [4.78, 5) is 27.0. The Kier molecular flexibility index (Phi) is 5.33. The van der Waals surface area contributed by atoms with Crippen molar-refractivity contribution in [3.63, 3.8) is 0 Å². The Balaban J connectivity index is 2.31. The first kappa shape index (κ1) is 19.8. The molecule has 0 atom stereocenters. The van der Waals surface area contributed by atoms with E-state index in [4.69, 9.17) is 4.42 Å². The van der Waals surface area contributed by atoms with Gasteiger partial charge in [-0.3, -0.25) is 4.79 Å². The zero-order valence-corrected chi connectivity index (χ0v) is 16.1. The van der Waals surface area contributed by atoms with E-state index in [2.05, 4.69) is 0 Å². The number of halogens is 1. The van der Waals surface area contributed by atoms with Gasteiger partial charge in [-0.05, 0) is 38.1 Å². The Labute approximate surface area is 161 Å². The van der Waals surface area contributed by atoms with Crippen LogP contribution >= 0.6 is 0 Å². The topological polar surface area (TPSA) is 84.7 Å². The second-order valence-corrected chi connectivity index (χ2v) is 7.42. The molecule has 6 nitrogen and oxygen atoms in total. The minimum Gasteiger partial charge on any atom is -0.422 e. The number of carbonyl (C=O) groups is 1. The molecule has 0 unspecified atom stereocenters. The Morgan fingerprint density at radius 1 is 1.07 bits per heavy atom. The van der Waals surface area contributed by atoms with Crippen LogP contribution in [0.3, 0.4) is 0 Å². The van der Waals surface area contributed by atoms with Crippen LogP contribution in [0.25, 0.3) is 11.0 Å². The maximum absolute atomic E-state index is 13.3. The molecule has 146 valence electrons. The number of para-hydroxylation sites is 1. The standard InChI is InChI=1S/C20H18FNO5S/c1-3-22(4-2)18-15-10-5-6-11-16(15)27-20(24)17(18)19(23)13-8-7-9-14(12-13)28(21,25)26/h5-12H,3-4H2,1-2H3. The quantitative estimate of drug-likeness (QED) is 0.356. The summed E-state index contributed by atoms with van der Waals surface area (Å²) in [6.07, 6.45) is 0. The summed E-state index contributed by atoms with van der Waals surface area (Å²) in [5.41, 5.74) is -0.411. The van der Waals surface area contributed by atoms with Gasteiger partial charge < -0.3 is 9.32 Å². The second kappa shape index (κ2) is 7.55. The van der Waals surface area contributed by atoms with Crippen LogP contribution < -0.4 is 10.5 Å². The van der Waals surface area contributed by atoms with Gasteiger partial charge in [-0.25, -0.2) is 4.79 Å². The van der Waals surface area contributed by atoms with Crippen LogP contribution in [0.4, 0.5) is 9.57 Å². The van der Waals surface area contributed by atoms with Crippen molar-refractivity contribution in [1.82, 2.24) is 0 Å². The number of nitrogens with zero attached hydrogens (tertiary/aromatic N) is 1. The summed E-state index contributed by atoms with van der Waals surface area (Å²) in [6, 6.07) is 11.4. The third-order valence-corrected chi connectivity index (χ3v) is 5.29. The number of fused-ring (bicyclic) bond motifs is 1. The van der Waals surface area contributed by atoms with E-state index in [0.29, 0.717) is 29.7 Å². The lowest BCUT2D eigenvalue weighted by molar-refractivity contribution is 0.103. The van der Waals surface area contributed by atoms with Crippen molar-refractivity contribution in [3.05, 3.63) is 70.1 Å². The summed E-state index contributed by atoms with van der Waals surface area (Å²) >= 11 is 0. The predicted octanol–water partition coefficient (Wildman–Crippen LogP) is 3.53. The van der Waals surface area contributed by atoms with Crippen LogP contribution in [0.5, 0.6) is 0 Å². The number of ketones is 1. The smallest absolute Gasteiger partial charge is 0.349 e. The number of rotatable bonds is 6. The van der Waals surface area contributed by atoms with E-state index in [1.807, 2.05) is 18.7 Å². The molecule has 0 bridgehead atoms. The highest BCUT2D eigenvalue weighted by Gasteiger charge is 2.26. The molecule has 3 aromatic rings. The fourth-order valence-electron chi connectivity index (χ4n) is 3.14. The molecule has 0 radical (unpaired) electrons. The molecule has 8 heteroatoms. The van der Waals surface area contributed by atoms with Gasteiger partial charge in [0.1, 0.15) is 11.1 Å². The molecular weight excluding hydrogens is 385 g/mol. The first-order valence-corrected chi connectivity index (χ1v) is 10.1. The lowest BCUT2D eigenvalue weighted by atomic mass is 10.0. The molecule has 0 spiro atoms. The highest BCUT2D eigenvalue weighted by atomic mass is 32.3. The molecule has 0 amide bonds. The van der Waals surface area contributed by atoms with Crippen molar-refractivity contribution in [2.24, 2.45) is 0 Å². The van der Waals surface area contributed by atoms with Crippen LogP contribution in [0, 0.1) is 0 Å². The fraction of sp³-hybridized carbons (Fsp3) is 0.200. The maximum atomic E-state index is 13.3. The van der Waals surface area contributed by atoms with E-state index in [0.717, 1.165) is 12.1 Å². The van der Waals surface area contributed by atoms with Crippen molar-refractivity contribution in [2.45, 2.75) is 18.7 Å². The molecule has 0 aliphatic heterocycles. The van der Waals surface area contributed by atoms with Crippen LogP contribution in [-0.4, -0.2) is 27.3 Å². The normalized spacial score (nSPS) is 11.5. The summed E-state index contributed by atoms with van der Waals surface area (Å²) in [7, 11) is -4.99. The first-order valence-electron chi connectivity index (χ1n) is 8.68. The number of anilines is 1. The molecule has 0 aliphatic rings. The van der Waals surface area contributed by atoms with Crippen molar-refractivity contribution >= 4 is 32.7 Å². The average Bonchev–Trinajstić information content (AvgIpc) is 2.67. The molecule has 0 aliphatic carbocycles. The molecule has 1 aromatic heterocycles. The van der Waals surface area contributed by atoms with Gasteiger partial charge in [-0.1, -0.05) is 24.3 Å². The van der Waals surface area contributed by atoms with Crippen LogP contribution in [0.15, 0.2) is 62.6 Å². The van der Waals surface area contributed by atoms with Gasteiger partial charge in [0.25, 0.3) is 0 Å². The number of carbonyl (C=O) groups excluding carboxylic acids is 1. The number of benzene rings is 2. The van der Waals surface area contributed by atoms with Crippen molar-refractivity contribution in [1.29, 1.82) is 0 Å². The minimum absolute atomic E-state index is 0.116. The second-order valence-electron chi connectivity index (χ2n) is 6.08. The minimum atomic E-state index is -4.99. The highest BCUT2D eigenvalue weighted by molar-refractivity contribution is 7.86. The van der Waals surface area contributed by atoms with E-state index in [1.54, 1.807) is 24.3 Å². The molecular formula is C20H18FNO5S. The Bertz CT molecular complexity index is 1210. The summed E-state index contributed by atoms with van der Waals surface area (Å²) in [5.74, 6) is -0.730. The van der Waals surface area contributed by atoms with Crippen LogP contribution in [0.2, 0.25) is 0 Å². The molecule has 2 aromatic carbocycles. The molecule has 28 heavy (non-hydrogen) atoms. The molecule has 0 saturated carbocycles. The highest BCUT2D eigenvalue weighted by Crippen LogP contribution is 2.30. The van der Waals surface area contributed by atoms with E-state index in [1.165, 1.54) is 12.1 Å². The number of hydrogen-bond donors (Lipinski definition) is 0. The lowest BCUT2D eigenvalue weighted by Crippen LogP contribution is -2.28. The zero-order valence-electron chi connectivity index (χ0n) is 15.3. The Hall–Kier alpha value is -3.00. The van der Waals surface area contributed by atoms with Gasteiger partial charge in [0.05, 0.1) is 10.6 Å². The monoisotopic (exact) mass is 403 g/mol. The van der Waals surface area contributed by atoms with E-state index in [9.17, 15) is 21.9 Å². The maximum Gasteiger partial charge on any atom is 0.349 e. The molecule has 3 rings (SSSR count). The predicted molar refractivity (Wildman–Crippen MR) is 104 cm³/mol. The van der Waals surface area contributed by atoms with Gasteiger partial charge in [0.2, 0.25) is 5.78 Å². The van der Waals surface area contributed by atoms with Gasteiger partial charge >= 0.3 is 15.8 Å². The third-order valence-electron chi connectivity index (χ3n) is 4.47. The Morgan fingerprint density at radius 2 is 1.75 bits per heavy atom. The van der Waals surface area contributed by atoms with Gasteiger partial charge in [-0.15, -0.1) is 3.89 Å². The van der Waals surface area contributed by atoms with E-state index >= 15 is 0 Å². The summed E-state index contributed by atoms with van der Waals surface area (Å²) < 4.78 is 41.0. The van der Waals surface area contributed by atoms with E-state index < -0.39 is 26.5 Å².